The first-order chi connectivity index (χ1) is 5.53. The van der Waals surface area contributed by atoms with Crippen molar-refractivity contribution in [1.82, 2.24) is 15.0 Å². The standard InChI is InChI=1S/C7H14N4O/c1-7(12,5-8)3-6-4-11(2)10-9-6/h4,12H,3,5,8H2,1-2H3. The van der Waals surface area contributed by atoms with Crippen LogP contribution in [0.2, 0.25) is 0 Å². The Hall–Kier alpha value is -0.940. The molecule has 1 heterocycles. The zero-order valence-electron chi connectivity index (χ0n) is 7.36. The molecule has 1 unspecified atom stereocenters. The van der Waals surface area contributed by atoms with Gasteiger partial charge < -0.3 is 10.8 Å². The van der Waals surface area contributed by atoms with Gasteiger partial charge in [0.1, 0.15) is 0 Å². The summed E-state index contributed by atoms with van der Waals surface area (Å²) >= 11 is 0. The molecular formula is C7H14N4O. The second kappa shape index (κ2) is 3.20. The molecular weight excluding hydrogens is 156 g/mol. The van der Waals surface area contributed by atoms with E-state index in [4.69, 9.17) is 5.73 Å². The average Bonchev–Trinajstić information content (AvgIpc) is 2.35. The maximum Gasteiger partial charge on any atom is 0.0856 e. The summed E-state index contributed by atoms with van der Waals surface area (Å²) in [5.74, 6) is 0. The third-order valence-corrected chi connectivity index (χ3v) is 1.65. The molecule has 5 nitrogen and oxygen atoms in total. The third kappa shape index (κ3) is 2.28. The summed E-state index contributed by atoms with van der Waals surface area (Å²) in [6, 6.07) is 0. The fraction of sp³-hybridized carbons (Fsp3) is 0.714. The van der Waals surface area contributed by atoms with Gasteiger partial charge in [-0.05, 0) is 6.92 Å². The van der Waals surface area contributed by atoms with Gasteiger partial charge in [0.15, 0.2) is 0 Å². The maximum absolute atomic E-state index is 9.58. The first-order valence-corrected chi connectivity index (χ1v) is 3.81. The molecule has 0 aliphatic heterocycles. The first kappa shape index (κ1) is 9.15. The van der Waals surface area contributed by atoms with Crippen molar-refractivity contribution in [3.8, 4) is 0 Å². The highest BCUT2D eigenvalue weighted by molar-refractivity contribution is 4.98. The van der Waals surface area contributed by atoms with E-state index in [0.29, 0.717) is 6.42 Å². The molecule has 0 saturated heterocycles. The number of nitrogens with two attached hydrogens (primary N) is 1. The zero-order valence-corrected chi connectivity index (χ0v) is 7.36. The highest BCUT2D eigenvalue weighted by Gasteiger charge is 2.20. The molecule has 3 N–H and O–H groups in total. The van der Waals surface area contributed by atoms with Crippen LogP contribution in [0.15, 0.2) is 6.20 Å². The van der Waals surface area contributed by atoms with Crippen molar-refractivity contribution < 1.29 is 5.11 Å². The second-order valence-corrected chi connectivity index (χ2v) is 3.26. The third-order valence-electron chi connectivity index (χ3n) is 1.65. The molecule has 0 amide bonds. The van der Waals surface area contributed by atoms with Gasteiger partial charge in [0.2, 0.25) is 0 Å². The predicted octanol–water partition coefficient (Wildman–Crippen LogP) is -0.933. The minimum absolute atomic E-state index is 0.226. The number of aryl methyl sites for hydroxylation is 1. The molecule has 0 aliphatic carbocycles. The molecule has 0 aliphatic rings. The summed E-state index contributed by atoms with van der Waals surface area (Å²) in [4.78, 5) is 0. The van der Waals surface area contributed by atoms with Crippen LogP contribution < -0.4 is 5.73 Å². The Bertz CT molecular complexity index is 256. The molecule has 0 bridgehead atoms. The van der Waals surface area contributed by atoms with Gasteiger partial charge >= 0.3 is 0 Å². The van der Waals surface area contributed by atoms with Gasteiger partial charge in [0.25, 0.3) is 0 Å². The SMILES string of the molecule is Cn1cc(CC(C)(O)CN)nn1. The normalized spacial score (nSPS) is 16.0. The summed E-state index contributed by atoms with van der Waals surface area (Å²) in [5.41, 5.74) is 5.23. The van der Waals surface area contributed by atoms with E-state index in [2.05, 4.69) is 10.3 Å². The maximum atomic E-state index is 9.58. The van der Waals surface area contributed by atoms with Crippen LogP contribution in [0.5, 0.6) is 0 Å². The Kier molecular flexibility index (Phi) is 2.44. The lowest BCUT2D eigenvalue weighted by atomic mass is 10.0. The molecule has 0 aromatic carbocycles. The zero-order chi connectivity index (χ0) is 9.19. The fourth-order valence-electron chi connectivity index (χ4n) is 0.939. The van der Waals surface area contributed by atoms with E-state index >= 15 is 0 Å². The number of hydrogen-bond donors (Lipinski definition) is 2. The quantitative estimate of drug-likeness (QED) is 0.614. The van der Waals surface area contributed by atoms with E-state index in [1.807, 2.05) is 0 Å². The Morgan fingerprint density at radius 1 is 1.75 bits per heavy atom. The Labute approximate surface area is 71.2 Å². The number of aliphatic hydroxyl groups is 1. The minimum Gasteiger partial charge on any atom is -0.388 e. The summed E-state index contributed by atoms with van der Waals surface area (Å²) in [7, 11) is 1.79. The van der Waals surface area contributed by atoms with E-state index in [0.717, 1.165) is 5.69 Å². The van der Waals surface area contributed by atoms with Crippen LogP contribution in [-0.4, -0.2) is 32.2 Å². The van der Waals surface area contributed by atoms with Crippen LogP contribution in [-0.2, 0) is 13.5 Å². The van der Waals surface area contributed by atoms with E-state index in [9.17, 15) is 5.11 Å². The van der Waals surface area contributed by atoms with Gasteiger partial charge in [-0.1, -0.05) is 5.21 Å². The van der Waals surface area contributed by atoms with Crippen molar-refractivity contribution in [2.24, 2.45) is 12.8 Å². The number of aromatic nitrogens is 3. The summed E-state index contributed by atoms with van der Waals surface area (Å²) in [5, 5.41) is 17.2. The lowest BCUT2D eigenvalue weighted by molar-refractivity contribution is 0.0686. The van der Waals surface area contributed by atoms with E-state index in [-0.39, 0.29) is 6.54 Å². The van der Waals surface area contributed by atoms with Crippen LogP contribution in [0, 0.1) is 0 Å². The predicted molar refractivity (Wildman–Crippen MR) is 44.4 cm³/mol. The number of hydrogen-bond acceptors (Lipinski definition) is 4. The van der Waals surface area contributed by atoms with E-state index < -0.39 is 5.60 Å². The molecule has 1 rings (SSSR count). The summed E-state index contributed by atoms with van der Waals surface area (Å²) in [6.45, 7) is 1.91. The highest BCUT2D eigenvalue weighted by atomic mass is 16.3. The van der Waals surface area contributed by atoms with Gasteiger partial charge in [-0.15, -0.1) is 5.10 Å². The van der Waals surface area contributed by atoms with Gasteiger partial charge in [-0.2, -0.15) is 0 Å². The summed E-state index contributed by atoms with van der Waals surface area (Å²) in [6.07, 6.45) is 2.21. The van der Waals surface area contributed by atoms with E-state index in [1.54, 1.807) is 24.9 Å². The largest absolute Gasteiger partial charge is 0.388 e. The molecule has 12 heavy (non-hydrogen) atoms. The average molecular weight is 170 g/mol. The summed E-state index contributed by atoms with van der Waals surface area (Å²) < 4.78 is 1.60. The van der Waals surface area contributed by atoms with Crippen molar-refractivity contribution in [2.45, 2.75) is 18.9 Å². The molecule has 0 saturated carbocycles. The molecule has 1 aromatic heterocycles. The molecule has 68 valence electrons. The van der Waals surface area contributed by atoms with Crippen LogP contribution in [0.3, 0.4) is 0 Å². The van der Waals surface area contributed by atoms with Crippen molar-refractivity contribution in [3.63, 3.8) is 0 Å². The van der Waals surface area contributed by atoms with Crippen molar-refractivity contribution in [2.75, 3.05) is 6.54 Å². The molecule has 0 fully saturated rings. The van der Waals surface area contributed by atoms with Crippen LogP contribution in [0.25, 0.3) is 0 Å². The van der Waals surface area contributed by atoms with Gasteiger partial charge in [-0.25, -0.2) is 0 Å². The number of rotatable bonds is 3. The Balaban J connectivity index is 2.63. The van der Waals surface area contributed by atoms with Crippen LogP contribution >= 0.6 is 0 Å². The van der Waals surface area contributed by atoms with Gasteiger partial charge in [-0.3, -0.25) is 4.68 Å². The fourth-order valence-corrected chi connectivity index (χ4v) is 0.939. The minimum atomic E-state index is -0.879. The van der Waals surface area contributed by atoms with Crippen molar-refractivity contribution in [3.05, 3.63) is 11.9 Å². The van der Waals surface area contributed by atoms with Crippen LogP contribution in [0.1, 0.15) is 12.6 Å². The lowest BCUT2D eigenvalue weighted by Crippen LogP contribution is -2.36. The first-order valence-electron chi connectivity index (χ1n) is 3.81. The smallest absolute Gasteiger partial charge is 0.0856 e. The molecule has 0 radical (unpaired) electrons. The van der Waals surface area contributed by atoms with Crippen LogP contribution in [0.4, 0.5) is 0 Å². The van der Waals surface area contributed by atoms with Gasteiger partial charge in [0.05, 0.1) is 11.3 Å². The molecule has 1 atom stereocenters. The Morgan fingerprint density at radius 2 is 2.42 bits per heavy atom. The lowest BCUT2D eigenvalue weighted by Gasteiger charge is -2.18. The Morgan fingerprint density at radius 3 is 2.83 bits per heavy atom. The topological polar surface area (TPSA) is 77.0 Å². The molecule has 0 spiro atoms. The molecule has 5 heteroatoms. The van der Waals surface area contributed by atoms with E-state index in [1.165, 1.54) is 0 Å². The monoisotopic (exact) mass is 170 g/mol. The molecule has 1 aromatic rings. The highest BCUT2D eigenvalue weighted by Crippen LogP contribution is 2.08. The van der Waals surface area contributed by atoms with Gasteiger partial charge in [0, 0.05) is 26.2 Å². The second-order valence-electron chi connectivity index (χ2n) is 3.26. The number of nitrogens with zero attached hydrogens (tertiary/aromatic N) is 3. The van der Waals surface area contributed by atoms with Crippen molar-refractivity contribution >= 4 is 0 Å². The van der Waals surface area contributed by atoms with Crippen molar-refractivity contribution in [1.29, 1.82) is 0 Å².